The summed E-state index contributed by atoms with van der Waals surface area (Å²) < 4.78 is 5.88. The van der Waals surface area contributed by atoms with Gasteiger partial charge in [-0.05, 0) is 70.5 Å². The van der Waals surface area contributed by atoms with E-state index in [2.05, 4.69) is 28.1 Å². The molecule has 2 heterocycles. The average Bonchev–Trinajstić information content (AvgIpc) is 2.82. The Kier molecular flexibility index (Phi) is 7.14. The van der Waals surface area contributed by atoms with Gasteiger partial charge in [0.2, 0.25) is 0 Å². The maximum atomic E-state index is 10.5. The smallest absolute Gasteiger partial charge is 0.120 e. The summed E-state index contributed by atoms with van der Waals surface area (Å²) in [5.41, 5.74) is 2.23. The number of benzene rings is 2. The minimum atomic E-state index is -0.643. The number of aliphatic hydroxyl groups is 3. The zero-order valence-corrected chi connectivity index (χ0v) is 17.6. The molecule has 2 aromatic carbocycles. The molecule has 0 amide bonds. The number of fused-ring (bicyclic) bond motifs is 1. The Labute approximate surface area is 182 Å². The molecule has 1 aromatic heterocycles. The molecular formula is C25H30N2O4. The number of β-amino-alcohol motifs (C(OH)–C–C–N with tert-alkyl or cyclic N) is 1. The van der Waals surface area contributed by atoms with Crippen molar-refractivity contribution in [3.63, 3.8) is 0 Å². The number of ether oxygens (including phenoxy) is 1. The summed E-state index contributed by atoms with van der Waals surface area (Å²) in [6, 6.07) is 16.2. The van der Waals surface area contributed by atoms with Crippen LogP contribution in [0.5, 0.6) is 5.75 Å². The van der Waals surface area contributed by atoms with Crippen LogP contribution in [0.25, 0.3) is 21.9 Å². The summed E-state index contributed by atoms with van der Waals surface area (Å²) in [5, 5.41) is 31.7. The van der Waals surface area contributed by atoms with Gasteiger partial charge in [0.1, 0.15) is 18.5 Å². The summed E-state index contributed by atoms with van der Waals surface area (Å²) in [4.78, 5) is 6.19. The highest BCUT2D eigenvalue weighted by molar-refractivity contribution is 5.88. The van der Waals surface area contributed by atoms with Gasteiger partial charge in [0, 0.05) is 45.2 Å². The lowest BCUT2D eigenvalue weighted by atomic mass is 9.90. The maximum Gasteiger partial charge on any atom is 0.120 e. The highest BCUT2D eigenvalue weighted by Gasteiger charge is 2.27. The largest absolute Gasteiger partial charge is 0.491 e. The predicted molar refractivity (Wildman–Crippen MR) is 121 cm³/mol. The third kappa shape index (κ3) is 5.60. The lowest BCUT2D eigenvalue weighted by Crippen LogP contribution is -2.46. The van der Waals surface area contributed by atoms with E-state index in [0.717, 1.165) is 47.2 Å². The molecule has 6 heteroatoms. The van der Waals surface area contributed by atoms with E-state index >= 15 is 0 Å². The fourth-order valence-electron chi connectivity index (χ4n) is 4.42. The van der Waals surface area contributed by atoms with E-state index in [1.807, 2.05) is 30.3 Å². The third-order valence-electron chi connectivity index (χ3n) is 5.95. The average molecular weight is 423 g/mol. The SMILES string of the molecule is OC[C@@H]1C[C@H](CO)CN(CC(O)COc2ccc3ccc(-c4ccncc4)cc3c2)C1. The van der Waals surface area contributed by atoms with Crippen molar-refractivity contribution >= 4 is 10.8 Å². The normalized spacial score (nSPS) is 20.6. The Balaban J connectivity index is 1.38. The Morgan fingerprint density at radius 1 is 0.903 bits per heavy atom. The number of rotatable bonds is 8. The zero-order valence-electron chi connectivity index (χ0n) is 17.6. The highest BCUT2D eigenvalue weighted by Crippen LogP contribution is 2.27. The van der Waals surface area contributed by atoms with Crippen LogP contribution >= 0.6 is 0 Å². The fourth-order valence-corrected chi connectivity index (χ4v) is 4.42. The summed E-state index contributed by atoms with van der Waals surface area (Å²) in [7, 11) is 0. The molecule has 0 spiro atoms. The molecular weight excluding hydrogens is 392 g/mol. The second-order valence-electron chi connectivity index (χ2n) is 8.48. The van der Waals surface area contributed by atoms with E-state index in [4.69, 9.17) is 4.74 Å². The number of likely N-dealkylation sites (tertiary alicyclic amines) is 1. The van der Waals surface area contributed by atoms with Gasteiger partial charge in [0.25, 0.3) is 0 Å². The van der Waals surface area contributed by atoms with Crippen molar-refractivity contribution in [3.8, 4) is 16.9 Å². The van der Waals surface area contributed by atoms with Gasteiger partial charge in [-0.25, -0.2) is 0 Å². The molecule has 0 saturated carbocycles. The summed E-state index contributed by atoms with van der Waals surface area (Å²) in [5.74, 6) is 1.02. The van der Waals surface area contributed by atoms with Gasteiger partial charge in [-0.15, -0.1) is 0 Å². The molecule has 1 unspecified atom stereocenters. The first-order valence-electron chi connectivity index (χ1n) is 10.8. The van der Waals surface area contributed by atoms with Gasteiger partial charge in [0.15, 0.2) is 0 Å². The molecule has 31 heavy (non-hydrogen) atoms. The highest BCUT2D eigenvalue weighted by atomic mass is 16.5. The van der Waals surface area contributed by atoms with Crippen molar-refractivity contribution < 1.29 is 20.1 Å². The van der Waals surface area contributed by atoms with Crippen LogP contribution in [0.1, 0.15) is 6.42 Å². The van der Waals surface area contributed by atoms with Crippen LogP contribution in [0.3, 0.4) is 0 Å². The number of aromatic nitrogens is 1. The Morgan fingerprint density at radius 2 is 1.61 bits per heavy atom. The second kappa shape index (κ2) is 10.2. The molecule has 1 fully saturated rings. The van der Waals surface area contributed by atoms with Crippen LogP contribution in [0.4, 0.5) is 0 Å². The van der Waals surface area contributed by atoms with E-state index in [9.17, 15) is 15.3 Å². The first kappa shape index (κ1) is 21.7. The van der Waals surface area contributed by atoms with Gasteiger partial charge in [-0.3, -0.25) is 9.88 Å². The molecule has 3 aromatic rings. The number of nitrogens with zero attached hydrogens (tertiary/aromatic N) is 2. The number of hydrogen-bond acceptors (Lipinski definition) is 6. The molecule has 4 rings (SSSR count). The molecule has 3 atom stereocenters. The quantitative estimate of drug-likeness (QED) is 0.517. The molecule has 1 aliphatic heterocycles. The van der Waals surface area contributed by atoms with Crippen molar-refractivity contribution in [3.05, 3.63) is 60.9 Å². The Bertz CT molecular complexity index is 970. The van der Waals surface area contributed by atoms with Crippen LogP contribution in [-0.4, -0.2) is 70.8 Å². The van der Waals surface area contributed by atoms with Gasteiger partial charge in [-0.2, -0.15) is 0 Å². The van der Waals surface area contributed by atoms with Crippen molar-refractivity contribution in [1.82, 2.24) is 9.88 Å². The van der Waals surface area contributed by atoms with Crippen molar-refractivity contribution in [1.29, 1.82) is 0 Å². The number of hydrogen-bond donors (Lipinski definition) is 3. The van der Waals surface area contributed by atoms with Crippen molar-refractivity contribution in [2.24, 2.45) is 11.8 Å². The van der Waals surface area contributed by atoms with Gasteiger partial charge < -0.3 is 20.1 Å². The standard InChI is InChI=1S/C25H30N2O4/c28-15-18-9-19(16-29)13-27(12-18)14-24(30)17-31-25-4-3-20-1-2-22(10-23(20)11-25)21-5-7-26-8-6-21/h1-8,10-11,18-19,24,28-30H,9,12-17H2/t18-,19+,24?. The Morgan fingerprint density at radius 3 is 2.32 bits per heavy atom. The van der Waals surface area contributed by atoms with Crippen LogP contribution in [0, 0.1) is 11.8 Å². The first-order valence-corrected chi connectivity index (χ1v) is 10.8. The topological polar surface area (TPSA) is 86.1 Å². The maximum absolute atomic E-state index is 10.5. The summed E-state index contributed by atoms with van der Waals surface area (Å²) in [6.45, 7) is 2.35. The van der Waals surface area contributed by atoms with Crippen LogP contribution in [0.15, 0.2) is 60.9 Å². The first-order chi connectivity index (χ1) is 15.1. The Hall–Kier alpha value is -2.51. The molecule has 6 nitrogen and oxygen atoms in total. The molecule has 164 valence electrons. The molecule has 0 aliphatic carbocycles. The minimum absolute atomic E-state index is 0.109. The summed E-state index contributed by atoms with van der Waals surface area (Å²) in [6.07, 6.45) is 3.76. The van der Waals surface area contributed by atoms with E-state index in [1.54, 1.807) is 12.4 Å². The lowest BCUT2D eigenvalue weighted by molar-refractivity contribution is 0.0155. The van der Waals surface area contributed by atoms with Gasteiger partial charge in [0.05, 0.1) is 0 Å². The van der Waals surface area contributed by atoms with Crippen LogP contribution < -0.4 is 4.74 Å². The fraction of sp³-hybridized carbons (Fsp3) is 0.400. The summed E-state index contributed by atoms with van der Waals surface area (Å²) >= 11 is 0. The van der Waals surface area contributed by atoms with Crippen LogP contribution in [0.2, 0.25) is 0 Å². The minimum Gasteiger partial charge on any atom is -0.491 e. The second-order valence-corrected chi connectivity index (χ2v) is 8.48. The number of aliphatic hydroxyl groups excluding tert-OH is 3. The van der Waals surface area contributed by atoms with E-state index in [-0.39, 0.29) is 31.7 Å². The monoisotopic (exact) mass is 422 g/mol. The zero-order chi connectivity index (χ0) is 21.6. The van der Waals surface area contributed by atoms with E-state index in [1.165, 1.54) is 0 Å². The van der Waals surface area contributed by atoms with Crippen molar-refractivity contribution in [2.45, 2.75) is 12.5 Å². The predicted octanol–water partition coefficient (Wildman–Crippen LogP) is 2.56. The van der Waals surface area contributed by atoms with E-state index in [0.29, 0.717) is 6.54 Å². The van der Waals surface area contributed by atoms with Crippen molar-refractivity contribution in [2.75, 3.05) is 39.5 Å². The molecule has 3 N–H and O–H groups in total. The lowest BCUT2D eigenvalue weighted by Gasteiger charge is -2.37. The molecule has 0 bridgehead atoms. The number of piperidine rings is 1. The molecule has 0 radical (unpaired) electrons. The molecule has 1 aliphatic rings. The van der Waals surface area contributed by atoms with Gasteiger partial charge in [-0.1, -0.05) is 18.2 Å². The molecule has 1 saturated heterocycles. The van der Waals surface area contributed by atoms with Crippen LogP contribution in [-0.2, 0) is 0 Å². The van der Waals surface area contributed by atoms with Gasteiger partial charge >= 0.3 is 0 Å². The van der Waals surface area contributed by atoms with E-state index < -0.39 is 6.10 Å². The number of pyridine rings is 1. The third-order valence-corrected chi connectivity index (χ3v) is 5.95.